The topological polar surface area (TPSA) is 29.1 Å². The van der Waals surface area contributed by atoms with Gasteiger partial charge in [0, 0.05) is 18.3 Å². The Morgan fingerprint density at radius 1 is 1.38 bits per heavy atom. The second-order valence-corrected chi connectivity index (χ2v) is 4.65. The Kier molecular flexibility index (Phi) is 5.94. The summed E-state index contributed by atoms with van der Waals surface area (Å²) in [6, 6.07) is 10.0. The molecule has 3 heteroatoms. The van der Waals surface area contributed by atoms with E-state index in [4.69, 9.17) is 11.6 Å². The Morgan fingerprint density at radius 2 is 2.06 bits per heavy atom. The molecule has 1 rings (SSSR count). The fraction of sp³-hybridized carbons (Fsp3) is 0.462. The van der Waals surface area contributed by atoms with Gasteiger partial charge in [-0.25, -0.2) is 0 Å². The molecule has 16 heavy (non-hydrogen) atoms. The molecular weight excluding hydrogens is 222 g/mol. The van der Waals surface area contributed by atoms with Crippen LogP contribution in [0.4, 0.5) is 0 Å². The summed E-state index contributed by atoms with van der Waals surface area (Å²) in [6.45, 7) is 2.59. The molecule has 0 aliphatic rings. The van der Waals surface area contributed by atoms with Crippen molar-refractivity contribution in [2.24, 2.45) is 0 Å². The number of carbonyl (C=O) groups excluding carboxylic acids is 1. The summed E-state index contributed by atoms with van der Waals surface area (Å²) in [7, 11) is 0. The van der Waals surface area contributed by atoms with E-state index in [0.717, 1.165) is 12.8 Å². The highest BCUT2D eigenvalue weighted by Gasteiger charge is 2.02. The molecule has 1 atom stereocenters. The van der Waals surface area contributed by atoms with Gasteiger partial charge in [-0.1, -0.05) is 30.3 Å². The van der Waals surface area contributed by atoms with Gasteiger partial charge in [0.05, 0.1) is 0 Å². The Hall–Kier alpha value is -1.02. The lowest BCUT2D eigenvalue weighted by Gasteiger charge is -2.06. The normalized spacial score (nSPS) is 12.1. The zero-order chi connectivity index (χ0) is 11.8. The molecule has 0 spiro atoms. The number of hydrogen-bond acceptors (Lipinski definition) is 1. The number of aryl methyl sites for hydroxylation is 1. The summed E-state index contributed by atoms with van der Waals surface area (Å²) in [6.07, 6.45) is 2.16. The van der Waals surface area contributed by atoms with Crippen LogP contribution < -0.4 is 5.32 Å². The van der Waals surface area contributed by atoms with Crippen molar-refractivity contribution in [2.75, 3.05) is 6.54 Å². The summed E-state index contributed by atoms with van der Waals surface area (Å²) in [5.74, 6) is 0.0983. The van der Waals surface area contributed by atoms with E-state index in [0.29, 0.717) is 13.0 Å². The standard InChI is InChI=1S/C13H18ClNO/c1-11(14)9-10-15-13(16)8-7-12-5-3-2-4-6-12/h2-6,11H,7-10H2,1H3,(H,15,16). The molecule has 1 amide bonds. The van der Waals surface area contributed by atoms with E-state index in [1.54, 1.807) is 0 Å². The molecular formula is C13H18ClNO. The van der Waals surface area contributed by atoms with Gasteiger partial charge < -0.3 is 5.32 Å². The van der Waals surface area contributed by atoms with Gasteiger partial charge in [0.15, 0.2) is 0 Å². The Labute approximate surface area is 102 Å². The molecule has 0 saturated carbocycles. The van der Waals surface area contributed by atoms with Crippen molar-refractivity contribution >= 4 is 17.5 Å². The third-order valence-electron chi connectivity index (χ3n) is 2.35. The highest BCUT2D eigenvalue weighted by Crippen LogP contribution is 2.02. The van der Waals surface area contributed by atoms with Gasteiger partial charge in [0.1, 0.15) is 0 Å². The maximum Gasteiger partial charge on any atom is 0.220 e. The van der Waals surface area contributed by atoms with E-state index in [1.165, 1.54) is 5.56 Å². The number of carbonyl (C=O) groups is 1. The summed E-state index contributed by atoms with van der Waals surface area (Å²) >= 11 is 5.78. The van der Waals surface area contributed by atoms with Crippen LogP contribution in [0.1, 0.15) is 25.3 Å². The van der Waals surface area contributed by atoms with Crippen LogP contribution in [0.5, 0.6) is 0 Å². The number of halogens is 1. The first-order chi connectivity index (χ1) is 7.68. The van der Waals surface area contributed by atoms with E-state index >= 15 is 0 Å². The lowest BCUT2D eigenvalue weighted by Crippen LogP contribution is -2.25. The molecule has 1 aromatic carbocycles. The minimum absolute atomic E-state index is 0.0983. The van der Waals surface area contributed by atoms with Crippen LogP contribution >= 0.6 is 11.6 Å². The average Bonchev–Trinajstić information content (AvgIpc) is 2.27. The molecule has 2 nitrogen and oxygen atoms in total. The lowest BCUT2D eigenvalue weighted by atomic mass is 10.1. The number of rotatable bonds is 6. The molecule has 0 fully saturated rings. The van der Waals surface area contributed by atoms with Crippen LogP contribution in [0.25, 0.3) is 0 Å². The molecule has 1 N–H and O–H groups in total. The first-order valence-electron chi connectivity index (χ1n) is 5.63. The second kappa shape index (κ2) is 7.29. The maximum atomic E-state index is 11.4. The SMILES string of the molecule is CC(Cl)CCNC(=O)CCc1ccccc1. The molecule has 0 aliphatic carbocycles. The van der Waals surface area contributed by atoms with Gasteiger partial charge in [-0.2, -0.15) is 0 Å². The smallest absolute Gasteiger partial charge is 0.220 e. The predicted molar refractivity (Wildman–Crippen MR) is 67.7 cm³/mol. The van der Waals surface area contributed by atoms with Crippen molar-refractivity contribution in [3.05, 3.63) is 35.9 Å². The van der Waals surface area contributed by atoms with Crippen LogP contribution in [0, 0.1) is 0 Å². The van der Waals surface area contributed by atoms with Crippen molar-refractivity contribution in [2.45, 2.75) is 31.6 Å². The van der Waals surface area contributed by atoms with Crippen molar-refractivity contribution in [3.8, 4) is 0 Å². The quantitative estimate of drug-likeness (QED) is 0.760. The number of hydrogen-bond donors (Lipinski definition) is 1. The van der Waals surface area contributed by atoms with E-state index in [1.807, 2.05) is 37.3 Å². The number of nitrogens with one attached hydrogen (secondary N) is 1. The van der Waals surface area contributed by atoms with Gasteiger partial charge >= 0.3 is 0 Å². The van der Waals surface area contributed by atoms with E-state index in [-0.39, 0.29) is 11.3 Å². The lowest BCUT2D eigenvalue weighted by molar-refractivity contribution is -0.121. The van der Waals surface area contributed by atoms with Crippen molar-refractivity contribution in [1.82, 2.24) is 5.32 Å². The molecule has 0 saturated heterocycles. The summed E-state index contributed by atoms with van der Waals surface area (Å²) in [5, 5.41) is 2.98. The van der Waals surface area contributed by atoms with Gasteiger partial charge in [-0.15, -0.1) is 11.6 Å². The highest BCUT2D eigenvalue weighted by molar-refractivity contribution is 6.20. The van der Waals surface area contributed by atoms with Crippen molar-refractivity contribution in [1.29, 1.82) is 0 Å². The third-order valence-corrected chi connectivity index (χ3v) is 2.57. The largest absolute Gasteiger partial charge is 0.356 e. The number of amides is 1. The first kappa shape index (κ1) is 13.0. The van der Waals surface area contributed by atoms with Crippen LogP contribution in [-0.2, 0) is 11.2 Å². The van der Waals surface area contributed by atoms with Gasteiger partial charge in [-0.05, 0) is 25.3 Å². The number of alkyl halides is 1. The molecule has 0 heterocycles. The fourth-order valence-electron chi connectivity index (χ4n) is 1.40. The Balaban J connectivity index is 2.16. The maximum absolute atomic E-state index is 11.4. The van der Waals surface area contributed by atoms with Crippen molar-refractivity contribution in [3.63, 3.8) is 0 Å². The van der Waals surface area contributed by atoms with Gasteiger partial charge in [-0.3, -0.25) is 4.79 Å². The van der Waals surface area contributed by atoms with Gasteiger partial charge in [0.25, 0.3) is 0 Å². The van der Waals surface area contributed by atoms with Crippen LogP contribution in [-0.4, -0.2) is 17.8 Å². The Morgan fingerprint density at radius 3 is 2.69 bits per heavy atom. The zero-order valence-corrected chi connectivity index (χ0v) is 10.3. The first-order valence-corrected chi connectivity index (χ1v) is 6.07. The van der Waals surface area contributed by atoms with Crippen LogP contribution in [0.3, 0.4) is 0 Å². The third kappa shape index (κ3) is 5.76. The molecule has 1 aromatic rings. The molecule has 0 aliphatic heterocycles. The monoisotopic (exact) mass is 239 g/mol. The van der Waals surface area contributed by atoms with Crippen LogP contribution in [0.2, 0.25) is 0 Å². The predicted octanol–water partition coefficient (Wildman–Crippen LogP) is 2.75. The van der Waals surface area contributed by atoms with Gasteiger partial charge in [0.2, 0.25) is 5.91 Å². The summed E-state index contributed by atoms with van der Waals surface area (Å²) < 4.78 is 0. The fourth-order valence-corrected chi connectivity index (χ4v) is 1.51. The van der Waals surface area contributed by atoms with E-state index < -0.39 is 0 Å². The summed E-state index contributed by atoms with van der Waals surface area (Å²) in [4.78, 5) is 11.4. The Bertz CT molecular complexity index is 311. The molecule has 88 valence electrons. The van der Waals surface area contributed by atoms with E-state index in [2.05, 4.69) is 5.32 Å². The minimum atomic E-state index is 0.0983. The van der Waals surface area contributed by atoms with Crippen molar-refractivity contribution < 1.29 is 4.79 Å². The second-order valence-electron chi connectivity index (χ2n) is 3.90. The number of benzene rings is 1. The minimum Gasteiger partial charge on any atom is -0.356 e. The van der Waals surface area contributed by atoms with E-state index in [9.17, 15) is 4.79 Å². The molecule has 1 unspecified atom stereocenters. The molecule has 0 bridgehead atoms. The molecule has 0 radical (unpaired) electrons. The summed E-state index contributed by atoms with van der Waals surface area (Å²) in [5.41, 5.74) is 1.20. The highest BCUT2D eigenvalue weighted by atomic mass is 35.5. The molecule has 0 aromatic heterocycles. The zero-order valence-electron chi connectivity index (χ0n) is 9.58. The van der Waals surface area contributed by atoms with Crippen LogP contribution in [0.15, 0.2) is 30.3 Å². The average molecular weight is 240 g/mol.